The maximum absolute atomic E-state index is 5.89. The highest BCUT2D eigenvalue weighted by Gasteiger charge is 2.05. The van der Waals surface area contributed by atoms with E-state index in [-0.39, 0.29) is 0 Å². The molecule has 146 valence electrons. The van der Waals surface area contributed by atoms with E-state index in [0.29, 0.717) is 36.1 Å². The Hall–Kier alpha value is -4.10. The third kappa shape index (κ3) is 5.24. The van der Waals surface area contributed by atoms with Crippen molar-refractivity contribution in [1.82, 2.24) is 9.97 Å². The van der Waals surface area contributed by atoms with E-state index in [0.717, 1.165) is 11.1 Å². The lowest BCUT2D eigenvalue weighted by Crippen LogP contribution is -2.00. The van der Waals surface area contributed by atoms with E-state index in [2.05, 4.69) is 21.8 Å². The lowest BCUT2D eigenvalue weighted by Gasteiger charge is -2.07. The number of nitrogens with zero attached hydrogens (tertiary/aromatic N) is 2. The number of hydrogen-bond acceptors (Lipinski definition) is 4. The molecule has 2 heterocycles. The molecule has 0 N–H and O–H groups in total. The van der Waals surface area contributed by atoms with Crippen molar-refractivity contribution >= 4 is 0 Å². The van der Waals surface area contributed by atoms with Crippen LogP contribution in [0.25, 0.3) is 0 Å². The van der Waals surface area contributed by atoms with Crippen molar-refractivity contribution in [2.45, 2.75) is 13.2 Å². The monoisotopic (exact) mass is 392 g/mol. The lowest BCUT2D eigenvalue weighted by atomic mass is 10.2. The van der Waals surface area contributed by atoms with E-state index in [1.54, 1.807) is 12.4 Å². The third-order valence-electron chi connectivity index (χ3n) is 4.31. The first-order chi connectivity index (χ1) is 14.9. The minimum Gasteiger partial charge on any atom is -0.472 e. The molecule has 4 aromatic rings. The van der Waals surface area contributed by atoms with Gasteiger partial charge in [0.15, 0.2) is 0 Å². The molecule has 0 aliphatic carbocycles. The summed E-state index contributed by atoms with van der Waals surface area (Å²) >= 11 is 0. The third-order valence-corrected chi connectivity index (χ3v) is 4.31. The zero-order chi connectivity index (χ0) is 20.4. The van der Waals surface area contributed by atoms with Gasteiger partial charge in [-0.15, -0.1) is 0 Å². The second-order valence-electron chi connectivity index (χ2n) is 6.51. The van der Waals surface area contributed by atoms with Crippen molar-refractivity contribution in [2.75, 3.05) is 0 Å². The first kappa shape index (κ1) is 19.2. The van der Waals surface area contributed by atoms with E-state index in [4.69, 9.17) is 9.47 Å². The van der Waals surface area contributed by atoms with Crippen LogP contribution in [0.2, 0.25) is 0 Å². The fourth-order valence-corrected chi connectivity index (χ4v) is 2.79. The van der Waals surface area contributed by atoms with Gasteiger partial charge in [-0.25, -0.2) is 9.97 Å². The molecule has 2 aromatic carbocycles. The number of rotatable bonds is 6. The summed E-state index contributed by atoms with van der Waals surface area (Å²) in [6.45, 7) is 0.871. The number of pyridine rings is 2. The molecule has 30 heavy (non-hydrogen) atoms. The Morgan fingerprint density at radius 2 is 0.967 bits per heavy atom. The Bertz CT molecular complexity index is 1060. The lowest BCUT2D eigenvalue weighted by molar-refractivity contribution is 0.292. The quantitative estimate of drug-likeness (QED) is 0.432. The van der Waals surface area contributed by atoms with Crippen LogP contribution in [-0.2, 0) is 13.2 Å². The molecule has 0 unspecified atom stereocenters. The van der Waals surface area contributed by atoms with Crippen molar-refractivity contribution in [3.63, 3.8) is 0 Å². The van der Waals surface area contributed by atoms with E-state index in [1.807, 2.05) is 84.9 Å². The summed E-state index contributed by atoms with van der Waals surface area (Å²) in [6, 6.07) is 27.4. The van der Waals surface area contributed by atoms with Crippen LogP contribution >= 0.6 is 0 Å². The Kier molecular flexibility index (Phi) is 6.35. The largest absolute Gasteiger partial charge is 0.472 e. The Morgan fingerprint density at radius 1 is 0.533 bits per heavy atom. The average molecular weight is 392 g/mol. The summed E-state index contributed by atoms with van der Waals surface area (Å²) in [7, 11) is 0. The van der Waals surface area contributed by atoms with E-state index < -0.39 is 0 Å². The minimum atomic E-state index is 0.435. The summed E-state index contributed by atoms with van der Waals surface area (Å²) in [5.74, 6) is 7.30. The van der Waals surface area contributed by atoms with E-state index >= 15 is 0 Å². The Labute approximate surface area is 176 Å². The average Bonchev–Trinajstić information content (AvgIpc) is 2.82. The smallest absolute Gasteiger partial charge is 0.229 e. The van der Waals surface area contributed by atoms with Gasteiger partial charge in [-0.2, -0.15) is 0 Å². The highest BCUT2D eigenvalue weighted by atomic mass is 16.5. The van der Waals surface area contributed by atoms with Crippen LogP contribution in [0, 0.1) is 11.8 Å². The molecule has 4 nitrogen and oxygen atoms in total. The van der Waals surface area contributed by atoms with Gasteiger partial charge in [-0.3, -0.25) is 0 Å². The van der Waals surface area contributed by atoms with Gasteiger partial charge >= 0.3 is 0 Å². The maximum atomic E-state index is 5.89. The Balaban J connectivity index is 1.50. The number of benzene rings is 2. The first-order valence-electron chi connectivity index (χ1n) is 9.64. The molecule has 0 amide bonds. The fourth-order valence-electron chi connectivity index (χ4n) is 2.79. The number of ether oxygens (including phenoxy) is 2. The van der Waals surface area contributed by atoms with Crippen LogP contribution in [0.1, 0.15) is 22.3 Å². The fraction of sp³-hybridized carbons (Fsp3) is 0.0769. The van der Waals surface area contributed by atoms with Crippen LogP contribution in [-0.4, -0.2) is 9.97 Å². The molecule has 0 radical (unpaired) electrons. The molecule has 0 saturated heterocycles. The van der Waals surface area contributed by atoms with Gasteiger partial charge in [-0.05, 0) is 35.4 Å². The second-order valence-corrected chi connectivity index (χ2v) is 6.51. The molecule has 0 atom stereocenters. The Morgan fingerprint density at radius 3 is 1.40 bits per heavy atom. The van der Waals surface area contributed by atoms with E-state index in [1.165, 1.54) is 0 Å². The maximum Gasteiger partial charge on any atom is 0.229 e. The van der Waals surface area contributed by atoms with Crippen molar-refractivity contribution in [1.29, 1.82) is 0 Å². The van der Waals surface area contributed by atoms with Gasteiger partial charge in [0.2, 0.25) is 11.8 Å². The molecule has 2 aromatic heterocycles. The molecule has 0 bridgehead atoms. The summed E-state index contributed by atoms with van der Waals surface area (Å²) < 4.78 is 11.8. The standard InChI is InChI=1S/C26H20N2O2/c1-3-9-21(10-4-1)19-29-25-23(13-7-17-27-25)15-16-24-14-8-18-28-26(24)30-20-22-11-5-2-6-12-22/h1-14,17-18H,19-20H2. The van der Waals surface area contributed by atoms with E-state index in [9.17, 15) is 0 Å². The minimum absolute atomic E-state index is 0.435. The highest BCUT2D eigenvalue weighted by Crippen LogP contribution is 2.18. The summed E-state index contributed by atoms with van der Waals surface area (Å²) in [5.41, 5.74) is 3.58. The zero-order valence-corrected chi connectivity index (χ0v) is 16.4. The van der Waals surface area contributed by atoms with Crippen LogP contribution in [0.4, 0.5) is 0 Å². The summed E-state index contributed by atoms with van der Waals surface area (Å²) in [5, 5.41) is 0. The topological polar surface area (TPSA) is 44.2 Å². The molecule has 0 aliphatic heterocycles. The molecular formula is C26H20N2O2. The van der Waals surface area contributed by atoms with Gasteiger partial charge < -0.3 is 9.47 Å². The van der Waals surface area contributed by atoms with Crippen LogP contribution in [0.5, 0.6) is 11.8 Å². The molecule has 0 fully saturated rings. The normalized spacial score (nSPS) is 10.0. The predicted molar refractivity (Wildman–Crippen MR) is 116 cm³/mol. The first-order valence-corrected chi connectivity index (χ1v) is 9.64. The SMILES string of the molecule is C(#Cc1cccnc1OCc1ccccc1)c1cccnc1OCc1ccccc1. The van der Waals surface area contributed by atoms with Gasteiger partial charge in [0.05, 0.1) is 11.1 Å². The van der Waals surface area contributed by atoms with Gasteiger partial charge in [0.25, 0.3) is 0 Å². The molecule has 0 aliphatic rings. The van der Waals surface area contributed by atoms with Crippen molar-refractivity contribution < 1.29 is 9.47 Å². The number of hydrogen-bond donors (Lipinski definition) is 0. The second kappa shape index (κ2) is 9.90. The van der Waals surface area contributed by atoms with Crippen LogP contribution in [0.15, 0.2) is 97.3 Å². The van der Waals surface area contributed by atoms with Crippen molar-refractivity contribution in [2.24, 2.45) is 0 Å². The predicted octanol–water partition coefficient (Wildman–Crippen LogP) is 5.03. The molecule has 0 spiro atoms. The molecular weight excluding hydrogens is 372 g/mol. The van der Waals surface area contributed by atoms with Crippen LogP contribution < -0.4 is 9.47 Å². The van der Waals surface area contributed by atoms with Gasteiger partial charge in [0.1, 0.15) is 13.2 Å². The molecule has 4 rings (SSSR count). The molecule has 4 heteroatoms. The van der Waals surface area contributed by atoms with Crippen molar-refractivity contribution in [3.8, 4) is 23.6 Å². The van der Waals surface area contributed by atoms with Crippen molar-refractivity contribution in [3.05, 3.63) is 120 Å². The van der Waals surface area contributed by atoms with Crippen LogP contribution in [0.3, 0.4) is 0 Å². The number of aromatic nitrogens is 2. The van der Waals surface area contributed by atoms with Gasteiger partial charge in [-0.1, -0.05) is 72.5 Å². The highest BCUT2D eigenvalue weighted by molar-refractivity contribution is 5.49. The summed E-state index contributed by atoms with van der Waals surface area (Å²) in [4.78, 5) is 8.67. The molecule has 0 saturated carbocycles. The van der Waals surface area contributed by atoms with Gasteiger partial charge in [0, 0.05) is 12.4 Å². The summed E-state index contributed by atoms with van der Waals surface area (Å²) in [6.07, 6.45) is 3.40. The zero-order valence-electron chi connectivity index (χ0n) is 16.4.